The lowest BCUT2D eigenvalue weighted by Gasteiger charge is -2.21. The van der Waals surface area contributed by atoms with Gasteiger partial charge in [-0.2, -0.15) is 0 Å². The molecular weight excluding hydrogens is 444 g/mol. The van der Waals surface area contributed by atoms with E-state index in [2.05, 4.69) is 116 Å². The molecule has 1 heterocycles. The van der Waals surface area contributed by atoms with Crippen LogP contribution in [-0.2, 0) is 0 Å². The third-order valence-electron chi connectivity index (χ3n) is 8.35. The lowest BCUT2D eigenvalue weighted by Crippen LogP contribution is -2.47. The molecule has 0 saturated carbocycles. The van der Waals surface area contributed by atoms with Crippen molar-refractivity contribution in [2.45, 2.75) is 0 Å². The first-order valence-corrected chi connectivity index (χ1v) is 13.0. The number of benzene rings is 6. The molecule has 0 atom stereocenters. The Morgan fingerprint density at radius 3 is 1.62 bits per heavy atom. The first-order chi connectivity index (χ1) is 18.0. The van der Waals surface area contributed by atoms with E-state index in [1.54, 1.807) is 0 Å². The number of hydrogen-bond donors (Lipinski definition) is 0. The zero-order chi connectivity index (χ0) is 25.3. The van der Waals surface area contributed by atoms with Gasteiger partial charge in [-0.3, -0.25) is 0 Å². The first kappa shape index (κ1) is 22.1. The third kappa shape index (κ3) is 3.23. The van der Waals surface area contributed by atoms with Crippen LogP contribution in [0.15, 0.2) is 101 Å². The van der Waals surface area contributed by atoms with Gasteiger partial charge in [0, 0.05) is 10.8 Å². The largest absolute Gasteiger partial charge is 0.456 e. The van der Waals surface area contributed by atoms with E-state index in [4.69, 9.17) is 4.42 Å². The highest BCUT2D eigenvalue weighted by Crippen LogP contribution is 2.44. The highest BCUT2D eigenvalue weighted by molar-refractivity contribution is 6.63. The Morgan fingerprint density at radius 1 is 0.432 bits per heavy atom. The summed E-state index contributed by atoms with van der Waals surface area (Å²) in [6, 6.07) is 35.1. The van der Waals surface area contributed by atoms with Crippen molar-refractivity contribution in [1.82, 2.24) is 0 Å². The molecule has 0 unspecified atom stereocenters. The fourth-order valence-corrected chi connectivity index (χ4v) is 6.08. The van der Waals surface area contributed by atoms with Crippen LogP contribution in [0.5, 0.6) is 0 Å². The minimum atomic E-state index is 0.927. The van der Waals surface area contributed by atoms with Gasteiger partial charge in [0.2, 0.25) is 0 Å². The number of fused-ring (bicyclic) bond motifs is 5. The Balaban J connectivity index is 1.63. The highest BCUT2D eigenvalue weighted by atomic mass is 16.3. The van der Waals surface area contributed by atoms with Gasteiger partial charge >= 0.3 is 0 Å². The molecule has 37 heavy (non-hydrogen) atoms. The summed E-state index contributed by atoms with van der Waals surface area (Å²) >= 11 is 0. The van der Waals surface area contributed by atoms with Crippen LogP contribution in [0.25, 0.3) is 65.7 Å². The number of rotatable bonds is 2. The summed E-state index contributed by atoms with van der Waals surface area (Å²) < 4.78 is 6.14. The summed E-state index contributed by atoms with van der Waals surface area (Å²) in [6.45, 7) is 0. The molecule has 7 rings (SSSR count). The monoisotopic (exact) mass is 468 g/mol. The van der Waals surface area contributed by atoms with Crippen LogP contribution in [0, 0.1) is 0 Å². The summed E-state index contributed by atoms with van der Waals surface area (Å²) in [5.41, 5.74) is 12.5. The summed E-state index contributed by atoms with van der Waals surface area (Å²) in [6.07, 6.45) is 0. The van der Waals surface area contributed by atoms with E-state index in [1.165, 1.54) is 65.6 Å². The Bertz CT molecular complexity index is 1980. The molecule has 5 heteroatoms. The summed E-state index contributed by atoms with van der Waals surface area (Å²) in [5.74, 6) is 0. The normalized spacial score (nSPS) is 11.7. The van der Waals surface area contributed by atoms with Crippen LogP contribution in [0.1, 0.15) is 0 Å². The third-order valence-corrected chi connectivity index (χ3v) is 8.35. The fourth-order valence-electron chi connectivity index (χ4n) is 6.08. The molecule has 0 bridgehead atoms. The van der Waals surface area contributed by atoms with E-state index >= 15 is 0 Å². The molecule has 0 N–H and O–H groups in total. The fraction of sp³-hybridized carbons (Fsp3) is 0. The standard InChI is InChI=1S/C32H24B4O/c33-25-16-24(30(34)32(36)31(25)35)29-21-10-3-1-8-19(21)28(20-9-2-4-11-22(20)29)17-13-14-27-23(15-17)18-7-5-6-12-26(18)37-27/h1-16H,33-36H2. The van der Waals surface area contributed by atoms with Crippen molar-refractivity contribution in [2.24, 2.45) is 0 Å². The van der Waals surface area contributed by atoms with Crippen LogP contribution in [0.2, 0.25) is 0 Å². The lowest BCUT2D eigenvalue weighted by molar-refractivity contribution is 0.669. The van der Waals surface area contributed by atoms with Gasteiger partial charge in [-0.05, 0) is 62.0 Å². The first-order valence-electron chi connectivity index (χ1n) is 13.0. The molecule has 0 aliphatic heterocycles. The molecule has 1 aromatic heterocycles. The van der Waals surface area contributed by atoms with E-state index in [1.807, 2.05) is 12.1 Å². The van der Waals surface area contributed by atoms with Gasteiger partial charge in [0.05, 0.1) is 0 Å². The van der Waals surface area contributed by atoms with Gasteiger partial charge in [-0.1, -0.05) is 89.8 Å². The van der Waals surface area contributed by atoms with Crippen LogP contribution < -0.4 is 21.9 Å². The predicted molar refractivity (Wildman–Crippen MR) is 172 cm³/mol. The maximum Gasteiger partial charge on any atom is 0.139 e. The van der Waals surface area contributed by atoms with Gasteiger partial charge in [-0.25, -0.2) is 0 Å². The van der Waals surface area contributed by atoms with Gasteiger partial charge in [0.1, 0.15) is 42.6 Å². The molecule has 1 nitrogen and oxygen atoms in total. The second-order valence-corrected chi connectivity index (χ2v) is 10.3. The Kier molecular flexibility index (Phi) is 4.91. The smallest absolute Gasteiger partial charge is 0.139 e. The quantitative estimate of drug-likeness (QED) is 0.281. The molecule has 0 aliphatic carbocycles. The van der Waals surface area contributed by atoms with E-state index in [0.717, 1.165) is 21.9 Å². The molecule has 0 saturated heterocycles. The molecule has 0 fully saturated rings. The summed E-state index contributed by atoms with van der Waals surface area (Å²) in [4.78, 5) is 0. The number of hydrogen-bond acceptors (Lipinski definition) is 1. The summed E-state index contributed by atoms with van der Waals surface area (Å²) in [7, 11) is 8.99. The van der Waals surface area contributed by atoms with Crippen molar-refractivity contribution < 1.29 is 4.42 Å². The molecule has 0 radical (unpaired) electrons. The topological polar surface area (TPSA) is 13.1 Å². The van der Waals surface area contributed by atoms with Crippen molar-refractivity contribution in [3.63, 3.8) is 0 Å². The molecule has 0 aliphatic rings. The van der Waals surface area contributed by atoms with Crippen molar-refractivity contribution in [1.29, 1.82) is 0 Å². The maximum atomic E-state index is 6.14. The Hall–Kier alpha value is -4.10. The predicted octanol–water partition coefficient (Wildman–Crippen LogP) is 2.26. The lowest BCUT2D eigenvalue weighted by atomic mass is 9.64. The second-order valence-electron chi connectivity index (χ2n) is 10.3. The average Bonchev–Trinajstić information content (AvgIpc) is 3.30. The molecular formula is C32H24B4O. The molecule has 170 valence electrons. The minimum absolute atomic E-state index is 0.927. The average molecular weight is 468 g/mol. The van der Waals surface area contributed by atoms with E-state index in [0.29, 0.717) is 0 Å². The SMILES string of the molecule is Bc1cc(-c2c3ccccc3c(-c3ccc4oc5ccccc5c4c3)c3ccccc23)c(B)c(B)c1B. The van der Waals surface area contributed by atoms with E-state index in [9.17, 15) is 0 Å². The second kappa shape index (κ2) is 8.21. The number of para-hydroxylation sites is 1. The number of furan rings is 1. The zero-order valence-corrected chi connectivity index (χ0v) is 21.6. The Morgan fingerprint density at radius 2 is 0.973 bits per heavy atom. The van der Waals surface area contributed by atoms with Gasteiger partial charge in [0.25, 0.3) is 0 Å². The molecule has 0 spiro atoms. The van der Waals surface area contributed by atoms with Crippen LogP contribution in [0.4, 0.5) is 0 Å². The van der Waals surface area contributed by atoms with E-state index < -0.39 is 0 Å². The maximum absolute atomic E-state index is 6.14. The molecule has 0 amide bonds. The summed E-state index contributed by atoms with van der Waals surface area (Å²) in [5, 5.41) is 7.45. The zero-order valence-electron chi connectivity index (χ0n) is 21.6. The van der Waals surface area contributed by atoms with Gasteiger partial charge in [0.15, 0.2) is 0 Å². The highest BCUT2D eigenvalue weighted by Gasteiger charge is 2.19. The molecule has 6 aromatic carbocycles. The van der Waals surface area contributed by atoms with Crippen LogP contribution in [0.3, 0.4) is 0 Å². The van der Waals surface area contributed by atoms with Gasteiger partial charge < -0.3 is 4.42 Å². The van der Waals surface area contributed by atoms with E-state index in [-0.39, 0.29) is 0 Å². The Labute approximate surface area is 220 Å². The molecule has 7 aromatic rings. The van der Waals surface area contributed by atoms with Crippen molar-refractivity contribution >= 4 is 96.7 Å². The van der Waals surface area contributed by atoms with Crippen molar-refractivity contribution in [3.8, 4) is 22.3 Å². The van der Waals surface area contributed by atoms with Crippen LogP contribution in [-0.4, -0.2) is 31.4 Å². The van der Waals surface area contributed by atoms with Gasteiger partial charge in [-0.15, -0.1) is 10.9 Å². The van der Waals surface area contributed by atoms with Crippen molar-refractivity contribution in [3.05, 3.63) is 97.1 Å². The minimum Gasteiger partial charge on any atom is -0.456 e. The van der Waals surface area contributed by atoms with Crippen molar-refractivity contribution in [2.75, 3.05) is 0 Å². The van der Waals surface area contributed by atoms with Crippen LogP contribution >= 0.6 is 0 Å².